The van der Waals surface area contributed by atoms with Crippen molar-refractivity contribution >= 4 is 28.8 Å². The lowest BCUT2D eigenvalue weighted by molar-refractivity contribution is 0.0662. The van der Waals surface area contributed by atoms with E-state index in [1.165, 1.54) is 0 Å². The van der Waals surface area contributed by atoms with Crippen molar-refractivity contribution in [2.45, 2.75) is 31.8 Å². The molecule has 1 fully saturated rings. The zero-order valence-corrected chi connectivity index (χ0v) is 10.8. The van der Waals surface area contributed by atoms with E-state index in [1.807, 2.05) is 0 Å². The number of aromatic nitrogens is 2. The number of aliphatic hydroxyl groups is 1. The van der Waals surface area contributed by atoms with Crippen molar-refractivity contribution in [3.05, 3.63) is 9.47 Å². The molecule has 7 heteroatoms. The van der Waals surface area contributed by atoms with Crippen LogP contribution in [0.2, 0.25) is 4.47 Å². The van der Waals surface area contributed by atoms with E-state index in [2.05, 4.69) is 15.5 Å². The minimum Gasteiger partial charge on any atom is -0.393 e. The fraction of sp³-hybridized carbons (Fsp3) is 0.700. The van der Waals surface area contributed by atoms with Crippen LogP contribution in [0.15, 0.2) is 0 Å². The Balaban J connectivity index is 1.83. The van der Waals surface area contributed by atoms with E-state index in [1.54, 1.807) is 0 Å². The SMILES string of the molecule is O=C(NCC1CCCCC1O)c1nnc(Cl)s1. The quantitative estimate of drug-likeness (QED) is 0.876. The summed E-state index contributed by atoms with van der Waals surface area (Å²) < 4.78 is 0.257. The van der Waals surface area contributed by atoms with Gasteiger partial charge in [-0.1, -0.05) is 24.2 Å². The topological polar surface area (TPSA) is 75.1 Å². The summed E-state index contributed by atoms with van der Waals surface area (Å²) in [5.41, 5.74) is 0. The molecule has 0 aromatic carbocycles. The monoisotopic (exact) mass is 275 g/mol. The second-order valence-electron chi connectivity index (χ2n) is 4.18. The van der Waals surface area contributed by atoms with E-state index >= 15 is 0 Å². The van der Waals surface area contributed by atoms with Crippen LogP contribution in [0, 0.1) is 5.92 Å². The van der Waals surface area contributed by atoms with E-state index in [-0.39, 0.29) is 27.4 Å². The van der Waals surface area contributed by atoms with Gasteiger partial charge in [0.15, 0.2) is 0 Å². The first kappa shape index (κ1) is 12.7. The highest BCUT2D eigenvalue weighted by molar-refractivity contribution is 7.17. The summed E-state index contributed by atoms with van der Waals surface area (Å²) in [6.07, 6.45) is 3.66. The molecule has 0 radical (unpaired) electrons. The molecule has 1 aliphatic rings. The fourth-order valence-corrected chi connectivity index (χ4v) is 2.77. The van der Waals surface area contributed by atoms with Gasteiger partial charge in [0.2, 0.25) is 9.47 Å². The maximum absolute atomic E-state index is 11.7. The third kappa shape index (κ3) is 3.37. The van der Waals surface area contributed by atoms with Gasteiger partial charge >= 0.3 is 0 Å². The van der Waals surface area contributed by atoms with Crippen molar-refractivity contribution in [3.63, 3.8) is 0 Å². The van der Waals surface area contributed by atoms with Crippen LogP contribution in [0.5, 0.6) is 0 Å². The summed E-state index contributed by atoms with van der Waals surface area (Å²) in [7, 11) is 0. The van der Waals surface area contributed by atoms with Crippen molar-refractivity contribution < 1.29 is 9.90 Å². The molecule has 0 aliphatic heterocycles. The van der Waals surface area contributed by atoms with Crippen molar-refractivity contribution in [2.75, 3.05) is 6.54 Å². The number of carbonyl (C=O) groups excluding carboxylic acids is 1. The molecule has 1 heterocycles. The van der Waals surface area contributed by atoms with Gasteiger partial charge in [-0.3, -0.25) is 4.79 Å². The Morgan fingerprint density at radius 2 is 2.24 bits per heavy atom. The number of aliphatic hydroxyl groups excluding tert-OH is 1. The maximum Gasteiger partial charge on any atom is 0.282 e. The van der Waals surface area contributed by atoms with Crippen molar-refractivity contribution in [1.29, 1.82) is 0 Å². The molecule has 2 N–H and O–H groups in total. The highest BCUT2D eigenvalue weighted by Gasteiger charge is 2.24. The van der Waals surface area contributed by atoms with Crippen molar-refractivity contribution in [1.82, 2.24) is 15.5 Å². The van der Waals surface area contributed by atoms with Crippen LogP contribution in [0.1, 0.15) is 35.5 Å². The predicted octanol–water partition coefficient (Wildman–Crippen LogP) is 1.47. The van der Waals surface area contributed by atoms with Crippen LogP contribution in [0.25, 0.3) is 0 Å². The summed E-state index contributed by atoms with van der Waals surface area (Å²) in [4.78, 5) is 11.7. The summed E-state index contributed by atoms with van der Waals surface area (Å²) in [5, 5.41) is 20.0. The smallest absolute Gasteiger partial charge is 0.282 e. The maximum atomic E-state index is 11.7. The molecule has 2 rings (SSSR count). The van der Waals surface area contributed by atoms with Gasteiger partial charge in [0.25, 0.3) is 5.91 Å². The number of hydrogen-bond acceptors (Lipinski definition) is 5. The number of hydrogen-bond donors (Lipinski definition) is 2. The fourth-order valence-electron chi connectivity index (χ4n) is 2.02. The van der Waals surface area contributed by atoms with E-state index in [9.17, 15) is 9.90 Å². The van der Waals surface area contributed by atoms with E-state index in [4.69, 9.17) is 11.6 Å². The number of nitrogens with one attached hydrogen (secondary N) is 1. The standard InChI is InChI=1S/C10H14ClN3O2S/c11-10-14-13-9(17-10)8(16)12-5-6-3-1-2-4-7(6)15/h6-7,15H,1-5H2,(H,12,16). The van der Waals surface area contributed by atoms with Crippen LogP contribution in [0.4, 0.5) is 0 Å². The van der Waals surface area contributed by atoms with Gasteiger partial charge < -0.3 is 10.4 Å². The third-order valence-corrected chi connectivity index (χ3v) is 4.01. The molecule has 94 valence electrons. The van der Waals surface area contributed by atoms with Gasteiger partial charge in [0.05, 0.1) is 6.10 Å². The Bertz CT molecular complexity index is 399. The zero-order valence-electron chi connectivity index (χ0n) is 9.23. The third-order valence-electron chi connectivity index (χ3n) is 2.99. The summed E-state index contributed by atoms with van der Waals surface area (Å²) in [6, 6.07) is 0. The summed E-state index contributed by atoms with van der Waals surface area (Å²) in [6.45, 7) is 0.483. The molecule has 1 aromatic heterocycles. The Kier molecular flexibility index (Phi) is 4.31. The van der Waals surface area contributed by atoms with Crippen LogP contribution >= 0.6 is 22.9 Å². The van der Waals surface area contributed by atoms with Crippen molar-refractivity contribution in [2.24, 2.45) is 5.92 Å². The minimum atomic E-state index is -0.304. The molecular formula is C10H14ClN3O2S. The van der Waals surface area contributed by atoms with Crippen LogP contribution in [0.3, 0.4) is 0 Å². The zero-order chi connectivity index (χ0) is 12.3. The Labute approximate surface area is 108 Å². The molecule has 0 bridgehead atoms. The molecule has 2 atom stereocenters. The first-order valence-corrected chi connectivity index (χ1v) is 6.81. The lowest BCUT2D eigenvalue weighted by Gasteiger charge is -2.27. The number of halogens is 1. The van der Waals surface area contributed by atoms with Crippen LogP contribution < -0.4 is 5.32 Å². The molecule has 1 aromatic rings. The number of nitrogens with zero attached hydrogens (tertiary/aromatic N) is 2. The van der Waals surface area contributed by atoms with Gasteiger partial charge in [0.1, 0.15) is 0 Å². The normalized spacial score (nSPS) is 24.6. The molecule has 0 saturated heterocycles. The Morgan fingerprint density at radius 3 is 2.88 bits per heavy atom. The average Bonchev–Trinajstić information content (AvgIpc) is 2.74. The number of carbonyl (C=O) groups is 1. The van der Waals surface area contributed by atoms with E-state index < -0.39 is 0 Å². The second-order valence-corrected chi connectivity index (χ2v) is 5.74. The first-order chi connectivity index (χ1) is 8.16. The second kappa shape index (κ2) is 5.75. The lowest BCUT2D eigenvalue weighted by atomic mass is 9.86. The largest absolute Gasteiger partial charge is 0.393 e. The van der Waals surface area contributed by atoms with Crippen LogP contribution in [-0.2, 0) is 0 Å². The molecule has 0 spiro atoms. The van der Waals surface area contributed by atoms with Crippen molar-refractivity contribution in [3.8, 4) is 0 Å². The van der Waals surface area contributed by atoms with Gasteiger partial charge in [-0.15, -0.1) is 10.2 Å². The highest BCUT2D eigenvalue weighted by atomic mass is 35.5. The van der Waals surface area contributed by atoms with Gasteiger partial charge in [0, 0.05) is 12.5 Å². The predicted molar refractivity (Wildman–Crippen MR) is 65.2 cm³/mol. The molecule has 1 saturated carbocycles. The lowest BCUT2D eigenvalue weighted by Crippen LogP contribution is -2.36. The van der Waals surface area contributed by atoms with E-state index in [0.29, 0.717) is 6.54 Å². The molecule has 1 aliphatic carbocycles. The number of amides is 1. The first-order valence-electron chi connectivity index (χ1n) is 5.62. The van der Waals surface area contributed by atoms with E-state index in [0.717, 1.165) is 37.0 Å². The Hall–Kier alpha value is -0.720. The number of rotatable bonds is 3. The average molecular weight is 276 g/mol. The molecule has 2 unspecified atom stereocenters. The molecule has 17 heavy (non-hydrogen) atoms. The minimum absolute atomic E-state index is 0.149. The highest BCUT2D eigenvalue weighted by Crippen LogP contribution is 2.23. The molecule has 5 nitrogen and oxygen atoms in total. The van der Waals surface area contributed by atoms with Crippen LogP contribution in [-0.4, -0.2) is 33.9 Å². The molecular weight excluding hydrogens is 262 g/mol. The Morgan fingerprint density at radius 1 is 1.47 bits per heavy atom. The summed E-state index contributed by atoms with van der Waals surface area (Å²) in [5.74, 6) is -0.122. The van der Waals surface area contributed by atoms with Gasteiger partial charge in [-0.25, -0.2) is 0 Å². The van der Waals surface area contributed by atoms with Gasteiger partial charge in [-0.05, 0) is 24.4 Å². The molecule has 1 amide bonds. The summed E-state index contributed by atoms with van der Waals surface area (Å²) >= 11 is 6.65. The van der Waals surface area contributed by atoms with Gasteiger partial charge in [-0.2, -0.15) is 0 Å².